The molecule has 2 heterocycles. The predicted molar refractivity (Wildman–Crippen MR) is 422 cm³/mol. The second-order valence-electron chi connectivity index (χ2n) is 25.8. The van der Waals surface area contributed by atoms with Gasteiger partial charge in [-0.05, 0) is 79.4 Å². The van der Waals surface area contributed by atoms with Crippen LogP contribution >= 0.6 is 62.4 Å². The minimum Gasteiger partial charge on any atom is -0.606 e. The van der Waals surface area contributed by atoms with Crippen molar-refractivity contribution in [2.24, 2.45) is 9.98 Å². The molecule has 2 aliphatic carbocycles. The molecule has 8 N–H and O–H groups in total. The number of ether oxygens (including phenoxy) is 3. The van der Waals surface area contributed by atoms with Crippen LogP contribution in [0.4, 0.5) is 5.69 Å². The minimum absolute atomic E-state index is 0.00409. The number of carboxylic acid groups (broad SMARTS) is 2. The number of hydrogen-bond donors (Lipinski definition) is 8. The topological polar surface area (TPSA) is 375 Å². The highest BCUT2D eigenvalue weighted by molar-refractivity contribution is 7.52. The molecule has 11 rings (SSSR count). The van der Waals surface area contributed by atoms with E-state index in [9.17, 15) is 64.3 Å². The summed E-state index contributed by atoms with van der Waals surface area (Å²) in [5.74, 6) is -2.32. The van der Waals surface area contributed by atoms with Gasteiger partial charge in [-0.15, -0.1) is 0 Å². The van der Waals surface area contributed by atoms with E-state index in [4.69, 9.17) is 87.5 Å². The summed E-state index contributed by atoms with van der Waals surface area (Å²) in [6, 6.07) is 36.7. The average Bonchev–Trinajstić information content (AvgIpc) is 0.727. The summed E-state index contributed by atoms with van der Waals surface area (Å²) in [5, 5.41) is 67.9. The van der Waals surface area contributed by atoms with E-state index in [0.29, 0.717) is 98.6 Å². The Hall–Kier alpha value is -9.02. The molecule has 3 unspecified atom stereocenters. The number of unbranched alkanes of at least 4 members (excludes halogenated alkanes) is 3. The number of phosphoric ester groups is 2. The van der Waals surface area contributed by atoms with Gasteiger partial charge in [-0.2, -0.15) is 13.9 Å². The maximum absolute atomic E-state index is 12.9. The quantitative estimate of drug-likeness (QED) is 0.00451. The fourth-order valence-electron chi connectivity index (χ4n) is 12.4. The Labute approximate surface area is 650 Å². The molecule has 2 aliphatic heterocycles. The number of aliphatic hydroxyl groups excluding tert-OH is 3. The number of aliphatic hydroxyl groups is 3. The number of halogens is 4. The summed E-state index contributed by atoms with van der Waals surface area (Å²) in [6.45, 7) is -0.925. The molecule has 0 amide bonds. The Kier molecular flexibility index (Phi) is 27.1. The number of aromatic carboxylic acids is 2. The lowest BCUT2D eigenvalue weighted by Crippen LogP contribution is -2.26. The number of aromatic hydroxyl groups is 1. The van der Waals surface area contributed by atoms with Crippen LogP contribution in [-0.4, -0.2) is 164 Å². The number of rotatable bonds is 36. The molecule has 0 aromatic heterocycles. The van der Waals surface area contributed by atoms with Crippen molar-refractivity contribution >= 4 is 135 Å². The van der Waals surface area contributed by atoms with E-state index in [1.165, 1.54) is 30.3 Å². The third-order valence-electron chi connectivity index (χ3n) is 17.7. The molecule has 4 aliphatic rings. The van der Waals surface area contributed by atoms with Gasteiger partial charge in [-0.1, -0.05) is 108 Å². The van der Waals surface area contributed by atoms with Crippen LogP contribution < -0.4 is 34.6 Å². The van der Waals surface area contributed by atoms with Gasteiger partial charge in [0.25, 0.3) is 0 Å². The first-order valence-corrected chi connectivity index (χ1v) is 39.2. The van der Waals surface area contributed by atoms with E-state index in [2.05, 4.69) is 9.98 Å². The number of hydrogen-bond acceptors (Lipinski definition) is 20. The highest BCUT2D eigenvalue weighted by Gasteiger charge is 2.33. The van der Waals surface area contributed by atoms with Gasteiger partial charge in [-0.3, -0.25) is 23.8 Å². The van der Waals surface area contributed by atoms with Crippen LogP contribution in [0.25, 0.3) is 88.4 Å². The number of phosphoric acid groups is 2. The van der Waals surface area contributed by atoms with Crippen LogP contribution in [0.5, 0.6) is 17.2 Å². The third-order valence-corrected chi connectivity index (χ3v) is 21.0. The summed E-state index contributed by atoms with van der Waals surface area (Å²) in [6.07, 6.45) is 1.28. The molecular formula is C78H77Cl4N4O22P2+. The molecule has 110 heavy (non-hydrogen) atoms. The number of nitrogens with zero attached hydrogens (tertiary/aromatic N) is 4. The van der Waals surface area contributed by atoms with Gasteiger partial charge < -0.3 is 68.4 Å². The number of anilines is 1. The van der Waals surface area contributed by atoms with Crippen molar-refractivity contribution in [3.63, 3.8) is 0 Å². The first kappa shape index (κ1) is 82.0. The van der Waals surface area contributed by atoms with E-state index >= 15 is 0 Å². The molecule has 578 valence electrons. The molecule has 26 nitrogen and oxygen atoms in total. The van der Waals surface area contributed by atoms with E-state index in [-0.39, 0.29) is 154 Å². The Morgan fingerprint density at radius 2 is 1.20 bits per heavy atom. The molecule has 7 aromatic carbocycles. The largest absolute Gasteiger partial charge is 0.606 e. The van der Waals surface area contributed by atoms with E-state index in [1.54, 1.807) is 6.07 Å². The number of aliphatic imine (C=N–C) groups is 2. The zero-order valence-corrected chi connectivity index (χ0v) is 64.6. The number of benzene rings is 9. The molecule has 0 radical (unpaired) electrons. The Bertz CT molecular complexity index is 5400. The van der Waals surface area contributed by atoms with Crippen LogP contribution in [0, 0.1) is 0 Å². The molecule has 3 atom stereocenters. The standard InChI is InChI=1S/C78H76Cl4N4O22P2/c1-85(2)45-21-24-53-64(35-45)107-65-36-46(86(3)4)22-25-54(65)68(53)55-34-44(20-23-52(55)77(92)93)75(90)83-27-13-28-100-42-47(87)43-106-110(98,99)105-33-15-30-102-74-50-18-9-7-16-48(50)73(49-17-8-10-19-51(49)74)101-29-14-32-104-109(96,97)103-31-12-6-5-11-26-84-76(91)58-39-61(81)70(78(94)95)71(72(58)82)69-56-37-59(79)62(88)40-66(56)108-67-41-63(89)60(80)38-57(67)69/h7-10,16-25,34-41,47,87H,5-6,11-15,26-33,42-43H2,1-4H3,(H6-,83,84,88,89,90,91,92,93,94,95,96,97,98,99)/p+1. The van der Waals surface area contributed by atoms with Gasteiger partial charge in [-0.25, -0.2) is 18.7 Å². The molecule has 32 heteroatoms. The maximum Gasteiger partial charge on any atom is 0.472 e. The molecule has 0 bridgehead atoms. The summed E-state index contributed by atoms with van der Waals surface area (Å²) >= 11 is 26.1. The second-order valence-corrected chi connectivity index (χ2v) is 30.3. The number of fused-ring (bicyclic) bond motifs is 6. The zero-order chi connectivity index (χ0) is 78.7. The van der Waals surface area contributed by atoms with Crippen LogP contribution in [0.3, 0.4) is 0 Å². The fraction of sp³-hybridized carbons (Fsp3) is 0.282. The summed E-state index contributed by atoms with van der Waals surface area (Å²) < 4.78 is 66.1. The number of phenols is 1. The van der Waals surface area contributed by atoms with Crippen LogP contribution in [0.1, 0.15) is 76.8 Å². The predicted octanol–water partition coefficient (Wildman–Crippen LogP) is 15.3. The number of phenolic OH excluding ortho intramolecular Hbond substituents is 1. The van der Waals surface area contributed by atoms with Gasteiger partial charge in [0, 0.05) is 142 Å². The molecule has 0 fully saturated rings. The summed E-state index contributed by atoms with van der Waals surface area (Å²) in [5.41, 5.74) is 2.23. The summed E-state index contributed by atoms with van der Waals surface area (Å²) in [4.78, 5) is 82.4. The highest BCUT2D eigenvalue weighted by Crippen LogP contribution is 2.51. The van der Waals surface area contributed by atoms with Crippen molar-refractivity contribution in [2.75, 3.05) is 99.0 Å². The van der Waals surface area contributed by atoms with Crippen molar-refractivity contribution < 1.29 is 101 Å². The Morgan fingerprint density at radius 1 is 0.582 bits per heavy atom. The molecule has 0 saturated carbocycles. The normalized spacial score (nSPS) is 13.5. The lowest BCUT2D eigenvalue weighted by atomic mass is 9.89. The van der Waals surface area contributed by atoms with Crippen molar-refractivity contribution in [1.82, 2.24) is 4.58 Å². The van der Waals surface area contributed by atoms with Crippen LogP contribution in [0.15, 0.2) is 157 Å². The molecule has 0 spiro atoms. The maximum atomic E-state index is 12.9. The van der Waals surface area contributed by atoms with Gasteiger partial charge in [0.1, 0.15) is 73.3 Å². The SMILES string of the molecule is CN(C)c1ccc2c(-c3cc(C(O)=NCCCOCC(O)CO[P+]([O-])(O)OCCCOc4c5ccccc5c(OCCCOP(=O)(O)OCCCCCCN=C(O)c5cc(Cl)c(C(=O)O)c(-c6c7cc(Cl)c(=O)cc-7oc7cc(O)c(Cl)cc67)c5Cl)c5ccccc45)ccc3C(=O)O)c3ccc(=[N+](C)C)cc-3oc2c1. The van der Waals surface area contributed by atoms with Gasteiger partial charge >= 0.3 is 27.9 Å². The van der Waals surface area contributed by atoms with Gasteiger partial charge in [0.2, 0.25) is 22.6 Å². The smallest absolute Gasteiger partial charge is 0.472 e. The fourth-order valence-corrected chi connectivity index (χ4v) is 14.9. The monoisotopic (exact) mass is 1620 g/mol. The Balaban J connectivity index is 0.594. The van der Waals surface area contributed by atoms with Crippen molar-refractivity contribution in [3.05, 3.63) is 191 Å². The van der Waals surface area contributed by atoms with Crippen LogP contribution in [0.2, 0.25) is 20.1 Å². The van der Waals surface area contributed by atoms with Crippen molar-refractivity contribution in [3.8, 4) is 62.1 Å². The first-order valence-electron chi connectivity index (χ1n) is 34.7. The molecule has 0 saturated heterocycles. The highest BCUT2D eigenvalue weighted by atomic mass is 35.5. The van der Waals surface area contributed by atoms with E-state index in [0.717, 1.165) is 23.2 Å². The summed E-state index contributed by atoms with van der Waals surface area (Å²) in [7, 11) is -1.45. The van der Waals surface area contributed by atoms with Crippen molar-refractivity contribution in [2.45, 2.75) is 51.0 Å². The van der Waals surface area contributed by atoms with E-state index < -0.39 is 57.5 Å². The van der Waals surface area contributed by atoms with Gasteiger partial charge in [0.05, 0.1) is 75.9 Å². The second kappa shape index (κ2) is 36.4. The van der Waals surface area contributed by atoms with E-state index in [1.807, 2.05) is 123 Å². The minimum atomic E-state index is -4.63. The lowest BCUT2D eigenvalue weighted by molar-refractivity contribution is -0.245. The third kappa shape index (κ3) is 19.5. The molecular weight excluding hydrogens is 1550 g/mol. The first-order chi connectivity index (χ1) is 52.6. The lowest BCUT2D eigenvalue weighted by Gasteiger charge is -2.21. The molecule has 7 aromatic rings. The number of carboxylic acids is 2. The average molecular weight is 1630 g/mol. The van der Waals surface area contributed by atoms with Crippen molar-refractivity contribution in [1.29, 1.82) is 0 Å². The Morgan fingerprint density at radius 3 is 1.85 bits per heavy atom. The number of carbonyl (C=O) groups is 2. The van der Waals surface area contributed by atoms with Crippen LogP contribution in [-0.2, 0) is 27.4 Å². The van der Waals surface area contributed by atoms with Gasteiger partial charge in [0.15, 0.2) is 0 Å². The zero-order valence-electron chi connectivity index (χ0n) is 59.8.